The molecule has 0 radical (unpaired) electrons. The molecule has 1 fully saturated rings. The van der Waals surface area contributed by atoms with E-state index < -0.39 is 0 Å². The molecule has 0 aliphatic carbocycles. The van der Waals surface area contributed by atoms with E-state index in [2.05, 4.69) is 50.0 Å². The summed E-state index contributed by atoms with van der Waals surface area (Å²) in [4.78, 5) is 20.3. The van der Waals surface area contributed by atoms with Crippen LogP contribution in [0.25, 0.3) is 0 Å². The number of carbonyl (C=O) groups excluding carboxylic acids is 1. The summed E-state index contributed by atoms with van der Waals surface area (Å²) in [6, 6.07) is 12.4. The van der Waals surface area contributed by atoms with E-state index >= 15 is 0 Å². The Hall–Kier alpha value is -1.41. The highest BCUT2D eigenvalue weighted by molar-refractivity contribution is 9.11. The molecular formula is C20H26BrN3O2S. The van der Waals surface area contributed by atoms with Gasteiger partial charge in [-0.25, -0.2) is 0 Å². The molecule has 0 bridgehead atoms. The average Bonchev–Trinajstić information content (AvgIpc) is 3.07. The number of piperazine rings is 1. The summed E-state index contributed by atoms with van der Waals surface area (Å²) >= 11 is 5.20. The van der Waals surface area contributed by atoms with Gasteiger partial charge in [-0.2, -0.15) is 0 Å². The predicted octanol–water partition coefficient (Wildman–Crippen LogP) is 3.30. The zero-order valence-corrected chi connectivity index (χ0v) is 18.3. The van der Waals surface area contributed by atoms with Gasteiger partial charge in [0.05, 0.1) is 17.4 Å². The Labute approximate surface area is 173 Å². The van der Waals surface area contributed by atoms with E-state index in [9.17, 15) is 4.79 Å². The fourth-order valence-corrected chi connectivity index (χ4v) is 4.80. The first kappa shape index (κ1) is 20.3. The Kier molecular flexibility index (Phi) is 7.29. The molecule has 7 heteroatoms. The van der Waals surface area contributed by atoms with Gasteiger partial charge in [-0.05, 0) is 52.8 Å². The van der Waals surface area contributed by atoms with Gasteiger partial charge in [0.15, 0.2) is 0 Å². The molecule has 1 aliphatic heterocycles. The second kappa shape index (κ2) is 9.68. The summed E-state index contributed by atoms with van der Waals surface area (Å²) in [6.45, 7) is 5.62. The molecule has 0 N–H and O–H groups in total. The zero-order chi connectivity index (χ0) is 19.2. The molecular weight excluding hydrogens is 426 g/mol. The molecule has 2 aromatic rings. The highest BCUT2D eigenvalue weighted by Crippen LogP contribution is 2.23. The maximum Gasteiger partial charge on any atom is 0.236 e. The van der Waals surface area contributed by atoms with E-state index in [1.165, 1.54) is 10.4 Å². The number of ether oxygens (including phenoxy) is 1. The van der Waals surface area contributed by atoms with E-state index in [0.29, 0.717) is 6.54 Å². The number of nitrogens with zero attached hydrogens (tertiary/aromatic N) is 3. The number of halogens is 1. The minimum atomic E-state index is 0.220. The fraction of sp³-hybridized carbons (Fsp3) is 0.450. The van der Waals surface area contributed by atoms with Crippen LogP contribution in [0, 0.1) is 0 Å². The van der Waals surface area contributed by atoms with Crippen LogP contribution >= 0.6 is 27.3 Å². The molecule has 1 aliphatic rings. The standard InChI is InChI=1S/C20H26BrN3O2S/c1-22(14-18-7-8-19(21)27-18)15-20(25)24-11-9-23(10-12-24)13-16-3-5-17(26-2)6-4-16/h3-8H,9-15H2,1-2H3. The number of benzene rings is 1. The summed E-state index contributed by atoms with van der Waals surface area (Å²) in [5.74, 6) is 1.10. The highest BCUT2D eigenvalue weighted by atomic mass is 79.9. The summed E-state index contributed by atoms with van der Waals surface area (Å²) in [6.07, 6.45) is 0. The summed E-state index contributed by atoms with van der Waals surface area (Å²) < 4.78 is 6.34. The van der Waals surface area contributed by atoms with E-state index in [1.54, 1.807) is 18.4 Å². The Balaban J connectivity index is 1.41. The van der Waals surface area contributed by atoms with Crippen LogP contribution < -0.4 is 4.74 Å². The van der Waals surface area contributed by atoms with Crippen molar-refractivity contribution in [1.82, 2.24) is 14.7 Å². The first-order valence-electron chi connectivity index (χ1n) is 9.09. The lowest BCUT2D eigenvalue weighted by Crippen LogP contribution is -2.50. The van der Waals surface area contributed by atoms with Crippen LogP contribution in [0.2, 0.25) is 0 Å². The normalized spacial score (nSPS) is 15.3. The second-order valence-corrected chi connectivity index (χ2v) is 9.43. The smallest absolute Gasteiger partial charge is 0.236 e. The summed E-state index contributed by atoms with van der Waals surface area (Å²) in [5, 5.41) is 0. The molecule has 0 unspecified atom stereocenters. The Morgan fingerprint density at radius 2 is 1.85 bits per heavy atom. The number of likely N-dealkylation sites (N-methyl/N-ethyl adjacent to an activating group) is 1. The Morgan fingerprint density at radius 3 is 2.44 bits per heavy atom. The van der Waals surface area contributed by atoms with E-state index in [0.717, 1.165) is 48.8 Å². The van der Waals surface area contributed by atoms with Crippen LogP contribution in [0.1, 0.15) is 10.4 Å². The third-order valence-electron chi connectivity index (χ3n) is 4.75. The molecule has 1 aromatic heterocycles. The van der Waals surface area contributed by atoms with Crippen molar-refractivity contribution >= 4 is 33.2 Å². The molecule has 5 nitrogen and oxygen atoms in total. The van der Waals surface area contributed by atoms with Gasteiger partial charge in [-0.1, -0.05) is 12.1 Å². The average molecular weight is 452 g/mol. The van der Waals surface area contributed by atoms with Gasteiger partial charge in [0.1, 0.15) is 5.75 Å². The van der Waals surface area contributed by atoms with Gasteiger partial charge >= 0.3 is 0 Å². The number of carbonyl (C=O) groups is 1. The van der Waals surface area contributed by atoms with Gasteiger partial charge in [0, 0.05) is 44.1 Å². The zero-order valence-electron chi connectivity index (χ0n) is 15.9. The van der Waals surface area contributed by atoms with Gasteiger partial charge in [0.2, 0.25) is 5.91 Å². The summed E-state index contributed by atoms with van der Waals surface area (Å²) in [7, 11) is 3.69. The maximum atomic E-state index is 12.6. The molecule has 1 saturated heterocycles. The van der Waals surface area contributed by atoms with Crippen LogP contribution in [0.5, 0.6) is 5.75 Å². The molecule has 146 valence electrons. The number of hydrogen-bond acceptors (Lipinski definition) is 5. The van der Waals surface area contributed by atoms with E-state index in [4.69, 9.17) is 4.74 Å². The van der Waals surface area contributed by atoms with Crippen molar-refractivity contribution in [2.75, 3.05) is 46.9 Å². The van der Waals surface area contributed by atoms with Crippen molar-refractivity contribution in [2.24, 2.45) is 0 Å². The predicted molar refractivity (Wildman–Crippen MR) is 113 cm³/mol. The van der Waals surface area contributed by atoms with Gasteiger partial charge in [0.25, 0.3) is 0 Å². The van der Waals surface area contributed by atoms with Crippen LogP contribution in [-0.4, -0.2) is 67.5 Å². The van der Waals surface area contributed by atoms with Crippen LogP contribution in [-0.2, 0) is 17.9 Å². The Morgan fingerprint density at radius 1 is 1.15 bits per heavy atom. The minimum Gasteiger partial charge on any atom is -0.497 e. The molecule has 27 heavy (non-hydrogen) atoms. The van der Waals surface area contributed by atoms with Crippen molar-refractivity contribution in [2.45, 2.75) is 13.1 Å². The number of rotatable bonds is 7. The first-order chi connectivity index (χ1) is 13.0. The van der Waals surface area contributed by atoms with Crippen LogP contribution in [0.3, 0.4) is 0 Å². The van der Waals surface area contributed by atoms with Gasteiger partial charge < -0.3 is 9.64 Å². The van der Waals surface area contributed by atoms with Crippen molar-refractivity contribution in [3.8, 4) is 5.75 Å². The van der Waals surface area contributed by atoms with Gasteiger partial charge in [-0.3, -0.25) is 14.6 Å². The monoisotopic (exact) mass is 451 g/mol. The van der Waals surface area contributed by atoms with Crippen molar-refractivity contribution in [1.29, 1.82) is 0 Å². The van der Waals surface area contributed by atoms with Crippen molar-refractivity contribution in [3.05, 3.63) is 50.6 Å². The largest absolute Gasteiger partial charge is 0.497 e. The quantitative estimate of drug-likeness (QED) is 0.646. The molecule has 2 heterocycles. The third-order valence-corrected chi connectivity index (χ3v) is 6.36. The molecule has 1 amide bonds. The molecule has 0 atom stereocenters. The maximum absolute atomic E-state index is 12.6. The lowest BCUT2D eigenvalue weighted by molar-refractivity contribution is -0.134. The van der Waals surface area contributed by atoms with Crippen LogP contribution in [0.15, 0.2) is 40.2 Å². The minimum absolute atomic E-state index is 0.220. The Bertz CT molecular complexity index is 742. The number of thiophene rings is 1. The topological polar surface area (TPSA) is 36.0 Å². The fourth-order valence-electron chi connectivity index (χ4n) is 3.23. The molecule has 1 aromatic carbocycles. The van der Waals surface area contributed by atoms with Crippen LogP contribution in [0.4, 0.5) is 0 Å². The third kappa shape index (κ3) is 6.04. The van der Waals surface area contributed by atoms with E-state index in [-0.39, 0.29) is 5.91 Å². The first-order valence-corrected chi connectivity index (χ1v) is 10.7. The van der Waals surface area contributed by atoms with Crippen molar-refractivity contribution < 1.29 is 9.53 Å². The number of amides is 1. The number of methoxy groups -OCH3 is 1. The lowest BCUT2D eigenvalue weighted by Gasteiger charge is -2.35. The van der Waals surface area contributed by atoms with Gasteiger partial charge in [-0.15, -0.1) is 11.3 Å². The molecule has 3 rings (SSSR count). The second-order valence-electron chi connectivity index (χ2n) is 6.88. The number of hydrogen-bond donors (Lipinski definition) is 0. The highest BCUT2D eigenvalue weighted by Gasteiger charge is 2.22. The molecule has 0 spiro atoms. The SMILES string of the molecule is COc1ccc(CN2CCN(C(=O)CN(C)Cc3ccc(Br)s3)CC2)cc1. The van der Waals surface area contributed by atoms with Crippen molar-refractivity contribution in [3.63, 3.8) is 0 Å². The summed E-state index contributed by atoms with van der Waals surface area (Å²) in [5.41, 5.74) is 1.28. The molecule has 0 saturated carbocycles. The lowest BCUT2D eigenvalue weighted by atomic mass is 10.2. The van der Waals surface area contributed by atoms with E-state index in [1.807, 2.05) is 24.1 Å².